The van der Waals surface area contributed by atoms with E-state index in [2.05, 4.69) is 35.5 Å². The van der Waals surface area contributed by atoms with E-state index in [0.29, 0.717) is 0 Å². The Hall–Kier alpha value is -0.630. The molecule has 2 heterocycles. The maximum Gasteiger partial charge on any atom is 0.0235 e. The number of hydrogen-bond donors (Lipinski definition) is 0. The fraction of sp³-hybridized carbons (Fsp3) is 0.647. The Labute approximate surface area is 122 Å². The Balaban J connectivity index is 1.97. The lowest BCUT2D eigenvalue weighted by molar-refractivity contribution is 0.353. The van der Waals surface area contributed by atoms with Crippen molar-refractivity contribution in [2.24, 2.45) is 0 Å². The summed E-state index contributed by atoms with van der Waals surface area (Å²) in [6.07, 6.45) is 16.2. The average Bonchev–Trinajstić information content (AvgIpc) is 2.63. The first kappa shape index (κ1) is 14.8. The first-order valence-corrected chi connectivity index (χ1v) is 8.86. The van der Waals surface area contributed by atoms with Crippen LogP contribution >= 0.6 is 11.8 Å². The van der Waals surface area contributed by atoms with Crippen molar-refractivity contribution < 1.29 is 0 Å². The minimum atomic E-state index is 1.11. The van der Waals surface area contributed by atoms with Crippen LogP contribution in [-0.2, 0) is 0 Å². The summed E-state index contributed by atoms with van der Waals surface area (Å²) in [7, 11) is 0. The summed E-state index contributed by atoms with van der Waals surface area (Å²) in [6.45, 7) is 4.78. The molecule has 1 nitrogen and oxygen atoms in total. The summed E-state index contributed by atoms with van der Waals surface area (Å²) in [6, 6.07) is 0. The molecular formula is C17H27NS. The van der Waals surface area contributed by atoms with Crippen LogP contribution in [0.15, 0.2) is 34.9 Å². The highest BCUT2D eigenvalue weighted by Crippen LogP contribution is 2.23. The van der Waals surface area contributed by atoms with Crippen LogP contribution in [0.3, 0.4) is 0 Å². The van der Waals surface area contributed by atoms with E-state index in [9.17, 15) is 0 Å². The highest BCUT2D eigenvalue weighted by atomic mass is 32.2. The summed E-state index contributed by atoms with van der Waals surface area (Å²) < 4.78 is 0. The Bertz CT molecular complexity index is 346. The van der Waals surface area contributed by atoms with E-state index in [0.717, 1.165) is 12.2 Å². The van der Waals surface area contributed by atoms with Crippen molar-refractivity contribution in [1.29, 1.82) is 0 Å². The molecule has 1 fully saturated rings. The third kappa shape index (κ3) is 5.10. The molecule has 0 aliphatic carbocycles. The zero-order valence-corrected chi connectivity index (χ0v) is 13.1. The lowest BCUT2D eigenvalue weighted by atomic mass is 10.1. The van der Waals surface area contributed by atoms with E-state index in [1.54, 1.807) is 0 Å². The van der Waals surface area contributed by atoms with E-state index in [-0.39, 0.29) is 0 Å². The second-order valence-corrected chi connectivity index (χ2v) is 6.38. The topological polar surface area (TPSA) is 3.24 Å². The molecule has 2 aliphatic rings. The first-order valence-electron chi connectivity index (χ1n) is 7.81. The van der Waals surface area contributed by atoms with Gasteiger partial charge in [0.1, 0.15) is 0 Å². The van der Waals surface area contributed by atoms with Crippen molar-refractivity contribution >= 4 is 11.8 Å². The molecule has 2 heteroatoms. The predicted octanol–water partition coefficient (Wildman–Crippen LogP) is 5.12. The number of rotatable bonds is 3. The van der Waals surface area contributed by atoms with Gasteiger partial charge in [-0.1, -0.05) is 50.0 Å². The Morgan fingerprint density at radius 1 is 1.16 bits per heavy atom. The molecule has 0 saturated carbocycles. The van der Waals surface area contributed by atoms with Gasteiger partial charge in [-0.2, -0.15) is 0 Å². The Morgan fingerprint density at radius 3 is 2.68 bits per heavy atom. The molecule has 0 amide bonds. The van der Waals surface area contributed by atoms with Gasteiger partial charge < -0.3 is 4.90 Å². The van der Waals surface area contributed by atoms with Gasteiger partial charge in [0.2, 0.25) is 0 Å². The van der Waals surface area contributed by atoms with Gasteiger partial charge in [0.15, 0.2) is 0 Å². The largest absolute Gasteiger partial charge is 0.374 e. The van der Waals surface area contributed by atoms with Crippen LogP contribution in [-0.4, -0.2) is 23.7 Å². The van der Waals surface area contributed by atoms with Gasteiger partial charge in [0.05, 0.1) is 0 Å². The van der Waals surface area contributed by atoms with Crippen LogP contribution in [0, 0.1) is 0 Å². The first-order chi connectivity index (χ1) is 9.40. The standard InChI is InChI=1S/C17H27NS/c1-2-8-16-9-7-10-17(15-19-14-11-16)18-12-5-3-4-6-13-18/h7,9,11,15H,2-6,8,10,12-14H2,1H3/b9-7?,16-11?,17-15+. The second-order valence-electron chi connectivity index (χ2n) is 5.48. The predicted molar refractivity (Wildman–Crippen MR) is 87.3 cm³/mol. The number of hydrogen-bond acceptors (Lipinski definition) is 2. The highest BCUT2D eigenvalue weighted by molar-refractivity contribution is 8.02. The lowest BCUT2D eigenvalue weighted by Gasteiger charge is -2.25. The van der Waals surface area contributed by atoms with Crippen LogP contribution in [0.5, 0.6) is 0 Å². The van der Waals surface area contributed by atoms with Gasteiger partial charge in [-0.05, 0) is 24.7 Å². The SMILES string of the molecule is CCCC1=CCS/C=C(/N2CCCCCC2)CC=C1. The molecule has 0 bridgehead atoms. The maximum absolute atomic E-state index is 2.62. The summed E-state index contributed by atoms with van der Waals surface area (Å²) in [4.78, 5) is 2.62. The van der Waals surface area contributed by atoms with Crippen LogP contribution < -0.4 is 0 Å². The molecule has 19 heavy (non-hydrogen) atoms. The number of thioether (sulfide) groups is 1. The number of nitrogens with zero attached hydrogens (tertiary/aromatic N) is 1. The van der Waals surface area contributed by atoms with Gasteiger partial charge >= 0.3 is 0 Å². The maximum atomic E-state index is 2.62. The fourth-order valence-electron chi connectivity index (χ4n) is 2.78. The van der Waals surface area contributed by atoms with Crippen LogP contribution in [0.1, 0.15) is 51.9 Å². The summed E-state index contributed by atoms with van der Waals surface area (Å²) in [5.41, 5.74) is 3.05. The molecule has 106 valence electrons. The molecule has 0 unspecified atom stereocenters. The Morgan fingerprint density at radius 2 is 1.95 bits per heavy atom. The summed E-state index contributed by atoms with van der Waals surface area (Å²) >= 11 is 1.96. The third-order valence-electron chi connectivity index (χ3n) is 3.87. The molecule has 0 aromatic heterocycles. The van der Waals surface area contributed by atoms with Gasteiger partial charge in [0, 0.05) is 31.0 Å². The number of allylic oxidation sites excluding steroid dienone is 3. The van der Waals surface area contributed by atoms with E-state index in [4.69, 9.17) is 0 Å². The summed E-state index contributed by atoms with van der Waals surface area (Å²) in [5, 5.41) is 2.40. The highest BCUT2D eigenvalue weighted by Gasteiger charge is 2.11. The molecule has 0 radical (unpaired) electrons. The minimum Gasteiger partial charge on any atom is -0.374 e. The van der Waals surface area contributed by atoms with Crippen molar-refractivity contribution in [3.8, 4) is 0 Å². The van der Waals surface area contributed by atoms with Crippen LogP contribution in [0.25, 0.3) is 0 Å². The van der Waals surface area contributed by atoms with E-state index >= 15 is 0 Å². The monoisotopic (exact) mass is 277 g/mol. The molecule has 0 aromatic carbocycles. The summed E-state index contributed by atoms with van der Waals surface area (Å²) in [5.74, 6) is 1.12. The van der Waals surface area contributed by atoms with Crippen molar-refractivity contribution in [1.82, 2.24) is 4.90 Å². The molecule has 2 rings (SSSR count). The fourth-order valence-corrected chi connectivity index (χ4v) is 3.63. The molecule has 0 aromatic rings. The van der Waals surface area contributed by atoms with Gasteiger partial charge in [-0.15, -0.1) is 11.8 Å². The van der Waals surface area contributed by atoms with E-state index in [1.165, 1.54) is 62.9 Å². The minimum absolute atomic E-state index is 1.11. The quantitative estimate of drug-likeness (QED) is 0.704. The van der Waals surface area contributed by atoms with Crippen LogP contribution in [0.4, 0.5) is 0 Å². The molecule has 0 atom stereocenters. The van der Waals surface area contributed by atoms with Crippen molar-refractivity contribution in [2.75, 3.05) is 18.8 Å². The van der Waals surface area contributed by atoms with Gasteiger partial charge in [0.25, 0.3) is 0 Å². The van der Waals surface area contributed by atoms with E-state index < -0.39 is 0 Å². The molecule has 0 N–H and O–H groups in total. The Kier molecular flexibility index (Phi) is 6.63. The number of likely N-dealkylation sites (tertiary alicyclic amines) is 1. The second kappa shape index (κ2) is 8.52. The third-order valence-corrected chi connectivity index (χ3v) is 4.67. The van der Waals surface area contributed by atoms with Gasteiger partial charge in [-0.25, -0.2) is 0 Å². The zero-order valence-electron chi connectivity index (χ0n) is 12.2. The van der Waals surface area contributed by atoms with Gasteiger partial charge in [-0.3, -0.25) is 0 Å². The zero-order chi connectivity index (χ0) is 13.3. The average molecular weight is 277 g/mol. The molecule has 0 spiro atoms. The van der Waals surface area contributed by atoms with Crippen LogP contribution in [0.2, 0.25) is 0 Å². The van der Waals surface area contributed by atoms with E-state index in [1.807, 2.05) is 11.8 Å². The van der Waals surface area contributed by atoms with Crippen molar-refractivity contribution in [3.63, 3.8) is 0 Å². The smallest absolute Gasteiger partial charge is 0.0235 e. The van der Waals surface area contributed by atoms with Crippen molar-refractivity contribution in [3.05, 3.63) is 34.9 Å². The van der Waals surface area contributed by atoms with Crippen molar-refractivity contribution in [2.45, 2.75) is 51.9 Å². The molecule has 1 saturated heterocycles. The lowest BCUT2D eigenvalue weighted by Crippen LogP contribution is -2.23. The molecule has 2 aliphatic heterocycles. The normalized spacial score (nSPS) is 24.6. The molecular weight excluding hydrogens is 250 g/mol.